The van der Waals surface area contributed by atoms with E-state index in [1.165, 1.54) is 36.4 Å². The Bertz CT molecular complexity index is 881. The fraction of sp³-hybridized carbons (Fsp3) is 0. The molecular formula is C16H11Cl2N3O4. The molecule has 0 aliphatic carbocycles. The van der Waals surface area contributed by atoms with Gasteiger partial charge in [-0.05, 0) is 29.8 Å². The first-order chi connectivity index (χ1) is 11.9. The Balaban J connectivity index is 2.04. The van der Waals surface area contributed by atoms with E-state index in [-0.39, 0.29) is 16.5 Å². The molecule has 2 aromatic carbocycles. The minimum atomic E-state index is -0.806. The highest BCUT2D eigenvalue weighted by Gasteiger charge is 2.07. The second-order valence-electron chi connectivity index (χ2n) is 4.70. The predicted octanol–water partition coefficient (Wildman–Crippen LogP) is 3.78. The molecule has 0 saturated heterocycles. The number of carbonyl (C=O) groups is 1. The number of carbonyl (C=O) groups excluding carboxylic acids is 1. The molecule has 9 heteroatoms. The molecule has 0 heterocycles. The number of benzene rings is 2. The minimum absolute atomic E-state index is 0.0878. The third kappa shape index (κ3) is 5.30. The number of halogens is 2. The van der Waals surface area contributed by atoms with E-state index in [1.807, 2.05) is 0 Å². The molecule has 0 aliphatic rings. The van der Waals surface area contributed by atoms with Crippen LogP contribution in [0.25, 0.3) is 6.08 Å². The van der Waals surface area contributed by atoms with Crippen LogP contribution in [0.1, 0.15) is 11.1 Å². The van der Waals surface area contributed by atoms with Crippen LogP contribution in [0.5, 0.6) is 0 Å². The van der Waals surface area contributed by atoms with Crippen molar-refractivity contribution in [1.82, 2.24) is 0 Å². The number of nitro groups is 1. The Morgan fingerprint density at radius 2 is 2.00 bits per heavy atom. The zero-order chi connectivity index (χ0) is 18.4. The molecule has 0 bridgehead atoms. The molecule has 0 spiro atoms. The van der Waals surface area contributed by atoms with Gasteiger partial charge < -0.3 is 10.6 Å². The van der Waals surface area contributed by atoms with Gasteiger partial charge in [0.2, 0.25) is 0 Å². The van der Waals surface area contributed by atoms with Crippen LogP contribution in [-0.4, -0.2) is 16.7 Å². The van der Waals surface area contributed by atoms with Crippen LogP contribution in [0.2, 0.25) is 10.0 Å². The fourth-order valence-corrected chi connectivity index (χ4v) is 2.28. The molecule has 128 valence electrons. The molecule has 0 radical (unpaired) electrons. The van der Waals surface area contributed by atoms with Gasteiger partial charge in [0.15, 0.2) is 5.84 Å². The van der Waals surface area contributed by atoms with Gasteiger partial charge in [-0.3, -0.25) is 10.1 Å². The number of oxime groups is 1. The second-order valence-corrected chi connectivity index (χ2v) is 5.54. The van der Waals surface area contributed by atoms with E-state index >= 15 is 0 Å². The number of nitrogens with zero attached hydrogens (tertiary/aromatic N) is 2. The average molecular weight is 380 g/mol. The van der Waals surface area contributed by atoms with E-state index in [9.17, 15) is 14.9 Å². The van der Waals surface area contributed by atoms with Crippen LogP contribution < -0.4 is 5.73 Å². The molecule has 2 rings (SSSR count). The van der Waals surface area contributed by atoms with Crippen molar-refractivity contribution in [2.45, 2.75) is 0 Å². The van der Waals surface area contributed by atoms with Gasteiger partial charge in [0.25, 0.3) is 5.69 Å². The molecule has 0 aliphatic heterocycles. The van der Waals surface area contributed by atoms with Gasteiger partial charge >= 0.3 is 5.97 Å². The number of non-ortho nitro benzene ring substituents is 1. The molecule has 0 unspecified atom stereocenters. The SMILES string of the molecule is N/C(=N\OC(=O)/C=C\c1cccc([N+](=O)[O-])c1)c1ccc(Cl)cc1Cl. The minimum Gasteiger partial charge on any atom is -0.380 e. The molecule has 25 heavy (non-hydrogen) atoms. The van der Waals surface area contributed by atoms with Crippen molar-refractivity contribution in [2.75, 3.05) is 0 Å². The van der Waals surface area contributed by atoms with Crippen molar-refractivity contribution in [3.05, 3.63) is 79.8 Å². The van der Waals surface area contributed by atoms with E-state index in [0.717, 1.165) is 6.08 Å². The highest BCUT2D eigenvalue weighted by atomic mass is 35.5. The monoisotopic (exact) mass is 379 g/mol. The average Bonchev–Trinajstić information content (AvgIpc) is 2.58. The second kappa shape index (κ2) is 8.27. The molecule has 7 nitrogen and oxygen atoms in total. The van der Waals surface area contributed by atoms with Crippen LogP contribution in [0.15, 0.2) is 53.7 Å². The van der Waals surface area contributed by atoms with Gasteiger partial charge in [0.1, 0.15) is 0 Å². The third-order valence-electron chi connectivity index (χ3n) is 2.93. The standard InChI is InChI=1S/C16H11Cl2N3O4/c17-11-5-6-13(14(18)9-11)16(19)20-25-15(22)7-4-10-2-1-3-12(8-10)21(23)24/h1-9H,(H2,19,20)/b7-4-. The van der Waals surface area contributed by atoms with Crippen molar-refractivity contribution >= 4 is 46.8 Å². The summed E-state index contributed by atoms with van der Waals surface area (Å²) >= 11 is 11.7. The van der Waals surface area contributed by atoms with Gasteiger partial charge in [0.05, 0.1) is 9.95 Å². The molecule has 2 aromatic rings. The van der Waals surface area contributed by atoms with Gasteiger partial charge in [0, 0.05) is 28.8 Å². The normalized spacial score (nSPS) is 11.5. The Morgan fingerprint density at radius 3 is 2.68 bits per heavy atom. The van der Waals surface area contributed by atoms with Gasteiger partial charge in [-0.25, -0.2) is 4.79 Å². The van der Waals surface area contributed by atoms with Crippen LogP contribution >= 0.6 is 23.2 Å². The summed E-state index contributed by atoms with van der Waals surface area (Å²) in [5, 5.41) is 14.9. The smallest absolute Gasteiger partial charge is 0.358 e. The summed E-state index contributed by atoms with van der Waals surface area (Å²) in [6, 6.07) is 10.3. The van der Waals surface area contributed by atoms with Crippen LogP contribution in [0.4, 0.5) is 5.69 Å². The lowest BCUT2D eigenvalue weighted by Gasteiger charge is -2.03. The number of rotatable bonds is 5. The summed E-state index contributed by atoms with van der Waals surface area (Å²) < 4.78 is 0. The van der Waals surface area contributed by atoms with Crippen LogP contribution in [0.3, 0.4) is 0 Å². The van der Waals surface area contributed by atoms with Gasteiger partial charge in [-0.2, -0.15) is 0 Å². The Labute approximate surface area is 152 Å². The zero-order valence-electron chi connectivity index (χ0n) is 12.6. The quantitative estimate of drug-likeness (QED) is 0.212. The molecule has 0 amide bonds. The lowest BCUT2D eigenvalue weighted by molar-refractivity contribution is -0.384. The summed E-state index contributed by atoms with van der Waals surface area (Å²) in [6.07, 6.45) is 2.43. The first-order valence-electron chi connectivity index (χ1n) is 6.79. The van der Waals surface area contributed by atoms with Crippen molar-refractivity contribution in [1.29, 1.82) is 0 Å². The summed E-state index contributed by atoms with van der Waals surface area (Å²) in [4.78, 5) is 26.5. The van der Waals surface area contributed by atoms with Crippen molar-refractivity contribution in [3.8, 4) is 0 Å². The summed E-state index contributed by atoms with van der Waals surface area (Å²) in [7, 11) is 0. The molecule has 0 atom stereocenters. The topological polar surface area (TPSA) is 108 Å². The number of hydrogen-bond acceptors (Lipinski definition) is 5. The van der Waals surface area contributed by atoms with Crippen molar-refractivity contribution in [2.24, 2.45) is 10.9 Å². The maximum Gasteiger partial charge on any atom is 0.358 e. The molecule has 0 saturated carbocycles. The Hall–Kier alpha value is -2.90. The first kappa shape index (κ1) is 18.4. The van der Waals surface area contributed by atoms with E-state index in [2.05, 4.69) is 9.99 Å². The molecule has 2 N–H and O–H groups in total. The maximum atomic E-state index is 11.7. The highest BCUT2D eigenvalue weighted by molar-refractivity contribution is 6.36. The Morgan fingerprint density at radius 1 is 1.24 bits per heavy atom. The Kier molecular flexibility index (Phi) is 6.10. The summed E-state index contributed by atoms with van der Waals surface area (Å²) in [5.74, 6) is -0.904. The zero-order valence-corrected chi connectivity index (χ0v) is 14.1. The van der Waals surface area contributed by atoms with E-state index in [0.29, 0.717) is 16.1 Å². The summed E-state index contributed by atoms with van der Waals surface area (Å²) in [5.41, 5.74) is 6.44. The third-order valence-corrected chi connectivity index (χ3v) is 3.48. The number of amidine groups is 1. The number of hydrogen-bond donors (Lipinski definition) is 1. The van der Waals surface area contributed by atoms with Crippen molar-refractivity contribution < 1.29 is 14.6 Å². The van der Waals surface area contributed by atoms with E-state index in [4.69, 9.17) is 28.9 Å². The number of nitro benzene ring substituents is 1. The molecular weight excluding hydrogens is 369 g/mol. The molecule has 0 fully saturated rings. The first-order valence-corrected chi connectivity index (χ1v) is 7.55. The van der Waals surface area contributed by atoms with E-state index < -0.39 is 10.9 Å². The molecule has 0 aromatic heterocycles. The number of nitrogens with two attached hydrogens (primary N) is 1. The van der Waals surface area contributed by atoms with Crippen LogP contribution in [-0.2, 0) is 9.63 Å². The van der Waals surface area contributed by atoms with Crippen molar-refractivity contribution in [3.63, 3.8) is 0 Å². The lowest BCUT2D eigenvalue weighted by Crippen LogP contribution is -2.15. The van der Waals surface area contributed by atoms with Gasteiger partial charge in [-0.1, -0.05) is 40.5 Å². The maximum absolute atomic E-state index is 11.7. The van der Waals surface area contributed by atoms with E-state index in [1.54, 1.807) is 12.1 Å². The van der Waals surface area contributed by atoms with Gasteiger partial charge in [-0.15, -0.1) is 0 Å². The lowest BCUT2D eigenvalue weighted by atomic mass is 10.2. The summed E-state index contributed by atoms with van der Waals surface area (Å²) in [6.45, 7) is 0. The largest absolute Gasteiger partial charge is 0.380 e. The fourth-order valence-electron chi connectivity index (χ4n) is 1.78. The highest BCUT2D eigenvalue weighted by Crippen LogP contribution is 2.20. The predicted molar refractivity (Wildman–Crippen MR) is 95.4 cm³/mol. The van der Waals surface area contributed by atoms with Crippen LogP contribution in [0, 0.1) is 10.1 Å².